The van der Waals surface area contributed by atoms with E-state index in [-0.39, 0.29) is 11.0 Å². The Morgan fingerprint density at radius 3 is 2.57 bits per heavy atom. The Kier molecular flexibility index (Phi) is 3.61. The van der Waals surface area contributed by atoms with Gasteiger partial charge in [-0.2, -0.15) is 5.10 Å². The van der Waals surface area contributed by atoms with Gasteiger partial charge in [-0.25, -0.2) is 0 Å². The number of hydrogen-bond donors (Lipinski definition) is 3. The number of nitrogens with one attached hydrogen (secondary N) is 3. The Hall–Kier alpha value is -2.73. The van der Waals surface area contributed by atoms with Crippen molar-refractivity contribution in [2.45, 2.75) is 0 Å². The number of H-pyrrole nitrogens is 1. The van der Waals surface area contributed by atoms with Gasteiger partial charge in [-0.3, -0.25) is 15.2 Å². The first-order valence-corrected chi connectivity index (χ1v) is 6.75. The molecule has 3 aromatic rings. The molecule has 3 N–H and O–H groups in total. The zero-order valence-corrected chi connectivity index (χ0v) is 11.8. The molecule has 0 saturated carbocycles. The van der Waals surface area contributed by atoms with Crippen LogP contribution in [-0.4, -0.2) is 21.2 Å². The highest BCUT2D eigenvalue weighted by Gasteiger charge is 2.10. The Morgan fingerprint density at radius 1 is 1.05 bits per heavy atom. The van der Waals surface area contributed by atoms with Crippen molar-refractivity contribution in [3.63, 3.8) is 0 Å². The van der Waals surface area contributed by atoms with Crippen LogP contribution in [0.1, 0.15) is 10.4 Å². The van der Waals surface area contributed by atoms with Crippen molar-refractivity contribution in [2.75, 3.05) is 5.32 Å². The standard InChI is InChI=1S/C15H12N4OS/c20-14(10-6-2-1-3-7-10)17-15(21)16-13-11-8-4-5-9-12(11)18-19-13/h1-9H,(H3,16,17,18,19,20,21). The second-order valence-corrected chi connectivity index (χ2v) is 4.80. The van der Waals surface area contributed by atoms with Crippen LogP contribution in [0, 0.1) is 0 Å². The van der Waals surface area contributed by atoms with Gasteiger partial charge in [-0.15, -0.1) is 0 Å². The molecule has 0 fully saturated rings. The van der Waals surface area contributed by atoms with Crippen molar-refractivity contribution >= 4 is 40.0 Å². The van der Waals surface area contributed by atoms with Crippen molar-refractivity contribution in [1.82, 2.24) is 15.5 Å². The van der Waals surface area contributed by atoms with Crippen molar-refractivity contribution < 1.29 is 4.79 Å². The molecule has 104 valence electrons. The predicted molar refractivity (Wildman–Crippen MR) is 86.2 cm³/mol. The van der Waals surface area contributed by atoms with Gasteiger partial charge >= 0.3 is 0 Å². The van der Waals surface area contributed by atoms with Gasteiger partial charge < -0.3 is 5.32 Å². The maximum atomic E-state index is 12.0. The summed E-state index contributed by atoms with van der Waals surface area (Å²) in [6.45, 7) is 0. The van der Waals surface area contributed by atoms with E-state index < -0.39 is 0 Å². The Morgan fingerprint density at radius 2 is 1.76 bits per heavy atom. The highest BCUT2D eigenvalue weighted by Crippen LogP contribution is 2.19. The number of aromatic nitrogens is 2. The molecule has 3 rings (SSSR count). The first-order valence-electron chi connectivity index (χ1n) is 6.34. The number of fused-ring (bicyclic) bond motifs is 1. The fourth-order valence-corrected chi connectivity index (χ4v) is 2.15. The molecule has 0 radical (unpaired) electrons. The molecule has 1 aromatic heterocycles. The number of hydrogen-bond acceptors (Lipinski definition) is 3. The van der Waals surface area contributed by atoms with Gasteiger partial charge in [0.1, 0.15) is 0 Å². The van der Waals surface area contributed by atoms with Crippen molar-refractivity contribution in [1.29, 1.82) is 0 Å². The van der Waals surface area contributed by atoms with Crippen molar-refractivity contribution in [2.24, 2.45) is 0 Å². The topological polar surface area (TPSA) is 69.8 Å². The van der Waals surface area contributed by atoms with Crippen LogP contribution in [0.2, 0.25) is 0 Å². The van der Waals surface area contributed by atoms with E-state index >= 15 is 0 Å². The van der Waals surface area contributed by atoms with Gasteiger partial charge in [0.15, 0.2) is 10.9 Å². The lowest BCUT2D eigenvalue weighted by atomic mass is 10.2. The third-order valence-electron chi connectivity index (χ3n) is 2.97. The number of benzene rings is 2. The number of carbonyl (C=O) groups is 1. The molecule has 0 spiro atoms. The highest BCUT2D eigenvalue weighted by molar-refractivity contribution is 7.80. The summed E-state index contributed by atoms with van der Waals surface area (Å²) in [7, 11) is 0. The number of rotatable bonds is 2. The molecule has 1 heterocycles. The normalized spacial score (nSPS) is 10.3. The molecular formula is C15H12N4OS. The Bertz CT molecular complexity index is 798. The minimum atomic E-state index is -0.257. The maximum Gasteiger partial charge on any atom is 0.257 e. The highest BCUT2D eigenvalue weighted by atomic mass is 32.1. The molecular weight excluding hydrogens is 284 g/mol. The molecule has 6 heteroatoms. The minimum Gasteiger partial charge on any atom is -0.315 e. The van der Waals surface area contributed by atoms with Gasteiger partial charge in [0, 0.05) is 10.9 Å². The predicted octanol–water partition coefficient (Wildman–Crippen LogP) is 2.69. The molecule has 0 aliphatic heterocycles. The molecule has 0 bridgehead atoms. The van der Waals surface area contributed by atoms with Gasteiger partial charge in [-0.05, 0) is 36.5 Å². The third-order valence-corrected chi connectivity index (χ3v) is 3.17. The van der Waals surface area contributed by atoms with Gasteiger partial charge in [0.25, 0.3) is 5.91 Å². The lowest BCUT2D eigenvalue weighted by Crippen LogP contribution is -2.34. The van der Waals surface area contributed by atoms with E-state index in [1.54, 1.807) is 24.3 Å². The third kappa shape index (κ3) is 2.90. The Balaban J connectivity index is 1.71. The number of thiocarbonyl (C=S) groups is 1. The summed E-state index contributed by atoms with van der Waals surface area (Å²) in [6.07, 6.45) is 0. The van der Waals surface area contributed by atoms with Crippen LogP contribution in [0.4, 0.5) is 5.82 Å². The number of para-hydroxylation sites is 1. The second kappa shape index (κ2) is 5.72. The number of carbonyl (C=O) groups excluding carboxylic acids is 1. The molecule has 0 aliphatic carbocycles. The first-order chi connectivity index (χ1) is 10.2. The molecule has 0 unspecified atom stereocenters. The summed E-state index contributed by atoms with van der Waals surface area (Å²) in [5, 5.41) is 13.7. The van der Waals surface area contributed by atoms with E-state index in [0.717, 1.165) is 10.9 Å². The second-order valence-electron chi connectivity index (χ2n) is 4.39. The van der Waals surface area contributed by atoms with Crippen LogP contribution in [0.25, 0.3) is 10.9 Å². The lowest BCUT2D eigenvalue weighted by Gasteiger charge is -2.07. The molecule has 1 amide bonds. The molecule has 0 saturated heterocycles. The van der Waals surface area contributed by atoms with E-state index in [4.69, 9.17) is 12.2 Å². The monoisotopic (exact) mass is 296 g/mol. The number of amides is 1. The summed E-state index contributed by atoms with van der Waals surface area (Å²) in [5.74, 6) is 0.330. The molecule has 0 atom stereocenters. The molecule has 5 nitrogen and oxygen atoms in total. The summed E-state index contributed by atoms with van der Waals surface area (Å²) in [5.41, 5.74) is 1.45. The molecule has 0 aliphatic rings. The van der Waals surface area contributed by atoms with E-state index in [1.807, 2.05) is 30.3 Å². The van der Waals surface area contributed by atoms with Gasteiger partial charge in [0.2, 0.25) is 0 Å². The fraction of sp³-hybridized carbons (Fsp3) is 0. The van der Waals surface area contributed by atoms with E-state index in [0.29, 0.717) is 11.4 Å². The maximum absolute atomic E-state index is 12.0. The van der Waals surface area contributed by atoms with Crippen LogP contribution in [0.3, 0.4) is 0 Å². The number of anilines is 1. The van der Waals surface area contributed by atoms with Crippen LogP contribution >= 0.6 is 12.2 Å². The minimum absolute atomic E-state index is 0.209. The summed E-state index contributed by atoms with van der Waals surface area (Å²) >= 11 is 5.14. The van der Waals surface area contributed by atoms with Crippen LogP contribution in [0.15, 0.2) is 54.6 Å². The SMILES string of the molecule is O=C(NC(=S)Nc1n[nH]c2ccccc12)c1ccccc1. The van der Waals surface area contributed by atoms with Crippen LogP contribution in [0.5, 0.6) is 0 Å². The lowest BCUT2D eigenvalue weighted by molar-refractivity contribution is 0.0977. The Labute approximate surface area is 126 Å². The largest absolute Gasteiger partial charge is 0.315 e. The summed E-state index contributed by atoms with van der Waals surface area (Å²) in [4.78, 5) is 12.0. The van der Waals surface area contributed by atoms with Gasteiger partial charge in [0.05, 0.1) is 5.52 Å². The molecule has 21 heavy (non-hydrogen) atoms. The summed E-state index contributed by atoms with van der Waals surface area (Å²) in [6, 6.07) is 16.6. The van der Waals surface area contributed by atoms with E-state index in [9.17, 15) is 4.79 Å². The summed E-state index contributed by atoms with van der Waals surface area (Å²) < 4.78 is 0. The van der Waals surface area contributed by atoms with Crippen molar-refractivity contribution in [3.05, 3.63) is 60.2 Å². The smallest absolute Gasteiger partial charge is 0.257 e. The van der Waals surface area contributed by atoms with Crippen molar-refractivity contribution in [3.8, 4) is 0 Å². The zero-order chi connectivity index (χ0) is 14.7. The quantitative estimate of drug-likeness (QED) is 0.636. The van der Waals surface area contributed by atoms with Gasteiger partial charge in [-0.1, -0.05) is 30.3 Å². The van der Waals surface area contributed by atoms with Crippen LogP contribution < -0.4 is 10.6 Å². The van der Waals surface area contributed by atoms with E-state index in [1.165, 1.54) is 0 Å². The average Bonchev–Trinajstić information content (AvgIpc) is 2.91. The number of nitrogens with zero attached hydrogens (tertiary/aromatic N) is 1. The van der Waals surface area contributed by atoms with E-state index in [2.05, 4.69) is 20.8 Å². The zero-order valence-electron chi connectivity index (χ0n) is 11.0. The van der Waals surface area contributed by atoms with Crippen LogP contribution in [-0.2, 0) is 0 Å². The first kappa shape index (κ1) is 13.3. The fourth-order valence-electron chi connectivity index (χ4n) is 1.96. The number of aromatic amines is 1. The average molecular weight is 296 g/mol. The molecule has 2 aromatic carbocycles.